The summed E-state index contributed by atoms with van der Waals surface area (Å²) in [5.74, 6) is 1.41. The third-order valence-corrected chi connectivity index (χ3v) is 4.73. The van der Waals surface area contributed by atoms with E-state index in [1.165, 1.54) is 4.80 Å². The molecule has 0 N–H and O–H groups in total. The molecule has 9 nitrogen and oxygen atoms in total. The fourth-order valence-corrected chi connectivity index (χ4v) is 3.26. The van der Waals surface area contributed by atoms with Gasteiger partial charge in [0.2, 0.25) is 11.8 Å². The number of benzene rings is 1. The Balaban J connectivity index is 1.33. The van der Waals surface area contributed by atoms with Crippen molar-refractivity contribution in [2.75, 3.05) is 26.2 Å². The lowest BCUT2D eigenvalue weighted by Gasteiger charge is -2.21. The van der Waals surface area contributed by atoms with Crippen molar-refractivity contribution in [2.24, 2.45) is 0 Å². The molecule has 27 heavy (non-hydrogen) atoms. The van der Waals surface area contributed by atoms with E-state index >= 15 is 0 Å². The van der Waals surface area contributed by atoms with E-state index in [1.807, 2.05) is 36.1 Å². The van der Waals surface area contributed by atoms with Gasteiger partial charge < -0.3 is 9.42 Å². The van der Waals surface area contributed by atoms with Crippen molar-refractivity contribution in [2.45, 2.75) is 32.9 Å². The van der Waals surface area contributed by atoms with Gasteiger partial charge in [-0.25, -0.2) is 0 Å². The van der Waals surface area contributed by atoms with E-state index in [2.05, 4.69) is 25.2 Å². The van der Waals surface area contributed by atoms with E-state index in [1.54, 1.807) is 0 Å². The minimum atomic E-state index is 0.0446. The largest absolute Gasteiger partial charge is 0.340 e. The van der Waals surface area contributed by atoms with E-state index in [0.29, 0.717) is 19.0 Å². The SMILES string of the molecule is CCc1noc(CN2CCCN(C(=O)Cn3nc4ccccc4n3)CC2)n1. The van der Waals surface area contributed by atoms with Crippen molar-refractivity contribution in [3.05, 3.63) is 36.0 Å². The minimum absolute atomic E-state index is 0.0446. The molecular weight excluding hydrogens is 346 g/mol. The Morgan fingerprint density at radius 2 is 1.89 bits per heavy atom. The summed E-state index contributed by atoms with van der Waals surface area (Å²) in [5, 5.41) is 12.7. The van der Waals surface area contributed by atoms with Crippen LogP contribution in [0.4, 0.5) is 0 Å². The first kappa shape index (κ1) is 17.6. The van der Waals surface area contributed by atoms with Crippen molar-refractivity contribution < 1.29 is 9.32 Å². The molecule has 0 aliphatic carbocycles. The zero-order valence-corrected chi connectivity index (χ0v) is 15.4. The Bertz CT molecular complexity index is 886. The quantitative estimate of drug-likeness (QED) is 0.665. The molecule has 1 saturated heterocycles. The van der Waals surface area contributed by atoms with Crippen LogP contribution in [0.1, 0.15) is 25.1 Å². The van der Waals surface area contributed by atoms with Gasteiger partial charge in [-0.3, -0.25) is 9.69 Å². The molecule has 4 rings (SSSR count). The van der Waals surface area contributed by atoms with Gasteiger partial charge in [-0.2, -0.15) is 20.0 Å². The van der Waals surface area contributed by atoms with Gasteiger partial charge in [0.05, 0.1) is 6.54 Å². The van der Waals surface area contributed by atoms with E-state index < -0.39 is 0 Å². The van der Waals surface area contributed by atoms with Gasteiger partial charge in [0.25, 0.3) is 0 Å². The summed E-state index contributed by atoms with van der Waals surface area (Å²) >= 11 is 0. The Morgan fingerprint density at radius 3 is 2.59 bits per heavy atom. The highest BCUT2D eigenvalue weighted by Gasteiger charge is 2.21. The van der Waals surface area contributed by atoms with Crippen molar-refractivity contribution >= 4 is 16.9 Å². The predicted octanol–water partition coefficient (Wildman–Crippen LogP) is 1.11. The number of hydrogen-bond donors (Lipinski definition) is 0. The van der Waals surface area contributed by atoms with Crippen LogP contribution in [0, 0.1) is 0 Å². The molecule has 1 aliphatic heterocycles. The Kier molecular flexibility index (Phi) is 5.10. The summed E-state index contributed by atoms with van der Waals surface area (Å²) in [6.07, 6.45) is 1.68. The molecule has 0 atom stereocenters. The Hall–Kier alpha value is -2.81. The first-order valence-corrected chi connectivity index (χ1v) is 9.32. The predicted molar refractivity (Wildman–Crippen MR) is 97.7 cm³/mol. The van der Waals surface area contributed by atoms with Gasteiger partial charge in [0, 0.05) is 32.6 Å². The lowest BCUT2D eigenvalue weighted by atomic mass is 10.3. The molecule has 1 aliphatic rings. The highest BCUT2D eigenvalue weighted by Crippen LogP contribution is 2.10. The molecule has 142 valence electrons. The summed E-state index contributed by atoms with van der Waals surface area (Å²) in [7, 11) is 0. The Labute approximate surface area is 156 Å². The number of amides is 1. The maximum atomic E-state index is 12.7. The summed E-state index contributed by atoms with van der Waals surface area (Å²) in [6.45, 7) is 5.89. The molecule has 2 aromatic heterocycles. The Morgan fingerprint density at radius 1 is 1.11 bits per heavy atom. The molecule has 1 fully saturated rings. The third kappa shape index (κ3) is 4.13. The van der Waals surface area contributed by atoms with Gasteiger partial charge >= 0.3 is 0 Å². The van der Waals surface area contributed by atoms with E-state index in [-0.39, 0.29) is 12.5 Å². The molecule has 0 bridgehead atoms. The van der Waals surface area contributed by atoms with Crippen LogP contribution < -0.4 is 0 Å². The fraction of sp³-hybridized carbons (Fsp3) is 0.500. The average Bonchev–Trinajstić information content (AvgIpc) is 3.22. The smallest absolute Gasteiger partial charge is 0.246 e. The lowest BCUT2D eigenvalue weighted by Crippen LogP contribution is -2.37. The number of aryl methyl sites for hydroxylation is 1. The van der Waals surface area contributed by atoms with Crippen molar-refractivity contribution in [1.82, 2.24) is 34.9 Å². The summed E-state index contributed by atoms with van der Waals surface area (Å²) in [6, 6.07) is 7.63. The maximum absolute atomic E-state index is 12.7. The molecule has 1 amide bonds. The van der Waals surface area contributed by atoms with Crippen molar-refractivity contribution in [1.29, 1.82) is 0 Å². The normalized spacial score (nSPS) is 16.0. The van der Waals surface area contributed by atoms with Crippen LogP contribution in [0.3, 0.4) is 0 Å². The zero-order chi connectivity index (χ0) is 18.6. The summed E-state index contributed by atoms with van der Waals surface area (Å²) in [4.78, 5) is 22.7. The average molecular weight is 369 g/mol. The molecule has 0 saturated carbocycles. The standard InChI is InChI=1S/C18H23N7O2/c1-2-16-19-17(27-22-16)12-23-8-5-9-24(11-10-23)18(26)13-25-20-14-6-3-4-7-15(14)21-25/h3-4,6-7H,2,5,8-13H2,1H3. The molecule has 0 unspecified atom stereocenters. The first-order valence-electron chi connectivity index (χ1n) is 9.32. The van der Waals surface area contributed by atoms with Gasteiger partial charge in [0.15, 0.2) is 5.82 Å². The van der Waals surface area contributed by atoms with Crippen LogP contribution >= 0.6 is 0 Å². The van der Waals surface area contributed by atoms with Crippen LogP contribution in [-0.2, 0) is 24.3 Å². The lowest BCUT2D eigenvalue weighted by molar-refractivity contribution is -0.132. The van der Waals surface area contributed by atoms with Crippen LogP contribution in [0.15, 0.2) is 28.8 Å². The zero-order valence-electron chi connectivity index (χ0n) is 15.4. The molecule has 9 heteroatoms. The first-order chi connectivity index (χ1) is 13.2. The van der Waals surface area contributed by atoms with Gasteiger partial charge in [-0.1, -0.05) is 24.2 Å². The van der Waals surface area contributed by atoms with Gasteiger partial charge in [-0.05, 0) is 18.6 Å². The van der Waals surface area contributed by atoms with Crippen LogP contribution in [0.5, 0.6) is 0 Å². The number of aromatic nitrogens is 5. The second-order valence-corrected chi connectivity index (χ2v) is 6.69. The van der Waals surface area contributed by atoms with E-state index in [9.17, 15) is 4.79 Å². The maximum Gasteiger partial charge on any atom is 0.246 e. The molecule has 3 heterocycles. The fourth-order valence-electron chi connectivity index (χ4n) is 3.26. The second-order valence-electron chi connectivity index (χ2n) is 6.69. The van der Waals surface area contributed by atoms with Gasteiger partial charge in [-0.15, -0.1) is 0 Å². The molecular formula is C18H23N7O2. The second kappa shape index (κ2) is 7.83. The van der Waals surface area contributed by atoms with Crippen LogP contribution in [0.25, 0.3) is 11.0 Å². The topological polar surface area (TPSA) is 93.2 Å². The monoisotopic (exact) mass is 369 g/mol. The van der Waals surface area contributed by atoms with Crippen LogP contribution in [-0.4, -0.2) is 67.0 Å². The molecule has 3 aromatic rings. The number of rotatable bonds is 5. The highest BCUT2D eigenvalue weighted by molar-refractivity contribution is 5.77. The molecule has 1 aromatic carbocycles. The number of carbonyl (C=O) groups excluding carboxylic acids is 1. The highest BCUT2D eigenvalue weighted by atomic mass is 16.5. The number of hydrogen-bond acceptors (Lipinski definition) is 7. The molecule has 0 radical (unpaired) electrons. The van der Waals surface area contributed by atoms with Crippen molar-refractivity contribution in [3.8, 4) is 0 Å². The van der Waals surface area contributed by atoms with Crippen LogP contribution in [0.2, 0.25) is 0 Å². The summed E-state index contributed by atoms with van der Waals surface area (Å²) in [5.41, 5.74) is 1.61. The van der Waals surface area contributed by atoms with E-state index in [4.69, 9.17) is 4.52 Å². The number of nitrogens with zero attached hydrogens (tertiary/aromatic N) is 7. The molecule has 0 spiro atoms. The summed E-state index contributed by atoms with van der Waals surface area (Å²) < 4.78 is 5.28. The van der Waals surface area contributed by atoms with E-state index in [0.717, 1.165) is 49.3 Å². The minimum Gasteiger partial charge on any atom is -0.340 e. The van der Waals surface area contributed by atoms with Gasteiger partial charge in [0.1, 0.15) is 17.6 Å². The third-order valence-electron chi connectivity index (χ3n) is 4.73. The van der Waals surface area contributed by atoms with Crippen molar-refractivity contribution in [3.63, 3.8) is 0 Å². The number of carbonyl (C=O) groups is 1. The number of fused-ring (bicyclic) bond motifs is 1.